The van der Waals surface area contributed by atoms with Crippen LogP contribution in [0.5, 0.6) is 0 Å². The molecule has 1 aliphatic heterocycles. The second-order valence-electron chi connectivity index (χ2n) is 6.12. The molecule has 5 nitrogen and oxygen atoms in total. The third-order valence-corrected chi connectivity index (χ3v) is 4.47. The van der Waals surface area contributed by atoms with Crippen LogP contribution >= 0.6 is 0 Å². The molecule has 2 aromatic heterocycles. The summed E-state index contributed by atoms with van der Waals surface area (Å²) in [5, 5.41) is 9.73. The Morgan fingerprint density at radius 2 is 2.08 bits per heavy atom. The quantitative estimate of drug-likeness (QED) is 0.723. The lowest BCUT2D eigenvalue weighted by Crippen LogP contribution is -2.29. The summed E-state index contributed by atoms with van der Waals surface area (Å²) < 4.78 is 15.2. The van der Waals surface area contributed by atoms with Crippen LogP contribution in [-0.4, -0.2) is 39.6 Å². The number of hydrogen-bond donors (Lipinski definition) is 0. The van der Waals surface area contributed by atoms with Gasteiger partial charge in [-0.05, 0) is 42.8 Å². The number of rotatable bonds is 2. The molecule has 0 N–H and O–H groups in total. The van der Waals surface area contributed by atoms with Gasteiger partial charge >= 0.3 is 0 Å². The Balaban J connectivity index is 1.67. The van der Waals surface area contributed by atoms with Gasteiger partial charge in [0.2, 0.25) is 0 Å². The number of hydrogen-bond acceptors (Lipinski definition) is 3. The number of carbonyl (C=O) groups is 1. The number of benzene rings is 1. The highest BCUT2D eigenvalue weighted by Crippen LogP contribution is 2.22. The van der Waals surface area contributed by atoms with Crippen LogP contribution in [0.3, 0.4) is 0 Å². The van der Waals surface area contributed by atoms with Crippen LogP contribution in [0.1, 0.15) is 22.3 Å². The van der Waals surface area contributed by atoms with Crippen LogP contribution in [0.15, 0.2) is 48.8 Å². The molecule has 4 rings (SSSR count). The van der Waals surface area contributed by atoms with E-state index in [1.807, 2.05) is 29.0 Å². The number of likely N-dealkylation sites (tertiary alicyclic amines) is 1. The first-order valence-corrected chi connectivity index (χ1v) is 8.07. The second kappa shape index (κ2) is 6.02. The maximum absolute atomic E-state index is 13.3. The molecule has 0 spiro atoms. The van der Waals surface area contributed by atoms with Crippen molar-refractivity contribution in [3.05, 3.63) is 59.9 Å². The molecule has 0 bridgehead atoms. The number of fused-ring (bicyclic) bond motifs is 1. The van der Waals surface area contributed by atoms with Crippen LogP contribution < -0.4 is 0 Å². The molecule has 0 saturated carbocycles. The molecule has 3 aromatic rings. The predicted molar refractivity (Wildman–Crippen MR) is 91.2 cm³/mol. The molecule has 124 valence electrons. The highest BCUT2D eigenvalue weighted by atomic mass is 19.1. The number of pyridine rings is 1. The summed E-state index contributed by atoms with van der Waals surface area (Å²) in [6, 6.07) is 13.0. The summed E-state index contributed by atoms with van der Waals surface area (Å²) >= 11 is 0. The zero-order valence-electron chi connectivity index (χ0n) is 13.4. The zero-order valence-corrected chi connectivity index (χ0v) is 13.4. The van der Waals surface area contributed by atoms with Crippen LogP contribution in [0.2, 0.25) is 0 Å². The van der Waals surface area contributed by atoms with Crippen molar-refractivity contribution in [2.75, 3.05) is 13.1 Å². The first-order valence-electron chi connectivity index (χ1n) is 8.07. The van der Waals surface area contributed by atoms with Crippen molar-refractivity contribution >= 4 is 16.9 Å². The van der Waals surface area contributed by atoms with Crippen LogP contribution in [0.4, 0.5) is 4.39 Å². The number of nitrogens with zero attached hydrogens (tertiary/aromatic N) is 4. The monoisotopic (exact) mass is 334 g/mol. The van der Waals surface area contributed by atoms with E-state index in [0.29, 0.717) is 24.1 Å². The molecular weight excluding hydrogens is 319 g/mol. The molecule has 1 amide bonds. The van der Waals surface area contributed by atoms with E-state index in [1.54, 1.807) is 18.2 Å². The van der Waals surface area contributed by atoms with Crippen LogP contribution in [0, 0.1) is 11.3 Å². The Morgan fingerprint density at radius 1 is 1.28 bits per heavy atom. The van der Waals surface area contributed by atoms with Crippen LogP contribution in [-0.2, 0) is 0 Å². The van der Waals surface area contributed by atoms with Crippen molar-refractivity contribution in [2.24, 2.45) is 0 Å². The number of carbonyl (C=O) groups excluding carboxylic acids is 1. The van der Waals surface area contributed by atoms with Gasteiger partial charge in [0.25, 0.3) is 5.91 Å². The second-order valence-corrected chi connectivity index (χ2v) is 6.12. The average molecular weight is 334 g/mol. The molecule has 1 fully saturated rings. The molecule has 1 atom stereocenters. The van der Waals surface area contributed by atoms with E-state index in [0.717, 1.165) is 16.7 Å². The average Bonchev–Trinajstić information content (AvgIpc) is 3.27. The Labute approximate surface area is 143 Å². The molecule has 0 aliphatic carbocycles. The van der Waals surface area contributed by atoms with Gasteiger partial charge in [-0.1, -0.05) is 0 Å². The summed E-state index contributed by atoms with van der Waals surface area (Å²) in [5.41, 5.74) is 2.68. The number of alkyl halides is 1. The van der Waals surface area contributed by atoms with Gasteiger partial charge in [-0.2, -0.15) is 5.26 Å². The molecule has 1 aromatic carbocycles. The number of nitriles is 1. The smallest absolute Gasteiger partial charge is 0.255 e. The number of amides is 1. The fourth-order valence-electron chi connectivity index (χ4n) is 3.13. The molecule has 3 heterocycles. The molecule has 0 unspecified atom stereocenters. The first kappa shape index (κ1) is 15.3. The maximum atomic E-state index is 13.3. The van der Waals surface area contributed by atoms with Gasteiger partial charge in [0.1, 0.15) is 11.8 Å². The third kappa shape index (κ3) is 2.74. The molecule has 1 saturated heterocycles. The Kier molecular flexibility index (Phi) is 3.69. The minimum absolute atomic E-state index is 0.156. The Hall–Kier alpha value is -3.20. The van der Waals surface area contributed by atoms with Gasteiger partial charge in [-0.15, -0.1) is 0 Å². The highest BCUT2D eigenvalue weighted by molar-refractivity contribution is 5.97. The van der Waals surface area contributed by atoms with Gasteiger partial charge in [0, 0.05) is 30.0 Å². The summed E-state index contributed by atoms with van der Waals surface area (Å²) in [6.07, 6.45) is 2.88. The molecule has 25 heavy (non-hydrogen) atoms. The highest BCUT2D eigenvalue weighted by Gasteiger charge is 2.27. The third-order valence-electron chi connectivity index (χ3n) is 4.47. The van der Waals surface area contributed by atoms with E-state index in [-0.39, 0.29) is 12.5 Å². The lowest BCUT2D eigenvalue weighted by Gasteiger charge is -2.15. The van der Waals surface area contributed by atoms with Crippen molar-refractivity contribution in [3.8, 4) is 11.8 Å². The van der Waals surface area contributed by atoms with Crippen molar-refractivity contribution in [3.63, 3.8) is 0 Å². The van der Waals surface area contributed by atoms with E-state index in [1.165, 1.54) is 11.1 Å². The summed E-state index contributed by atoms with van der Waals surface area (Å²) in [6.45, 7) is 0.605. The summed E-state index contributed by atoms with van der Waals surface area (Å²) in [4.78, 5) is 18.4. The van der Waals surface area contributed by atoms with Gasteiger partial charge in [0.05, 0.1) is 23.7 Å². The Bertz CT molecular complexity index is 987. The molecular formula is C19H15FN4O. The minimum atomic E-state index is -0.932. The van der Waals surface area contributed by atoms with Crippen molar-refractivity contribution in [2.45, 2.75) is 12.6 Å². The minimum Gasteiger partial charge on any atom is -0.336 e. The van der Waals surface area contributed by atoms with E-state index in [2.05, 4.69) is 11.1 Å². The first-order chi connectivity index (χ1) is 12.2. The maximum Gasteiger partial charge on any atom is 0.255 e. The molecule has 6 heteroatoms. The number of aromatic nitrogens is 2. The summed E-state index contributed by atoms with van der Waals surface area (Å²) in [7, 11) is 0. The van der Waals surface area contributed by atoms with Crippen molar-refractivity contribution in [1.29, 1.82) is 5.26 Å². The number of halogens is 1. The van der Waals surface area contributed by atoms with E-state index >= 15 is 0 Å². The normalized spacial score (nSPS) is 17.0. The predicted octanol–water partition coefficient (Wildman–Crippen LogP) is 3.08. The van der Waals surface area contributed by atoms with Gasteiger partial charge in [-0.3, -0.25) is 4.79 Å². The van der Waals surface area contributed by atoms with Crippen molar-refractivity contribution in [1.82, 2.24) is 14.5 Å². The van der Waals surface area contributed by atoms with Gasteiger partial charge in [0.15, 0.2) is 0 Å². The molecule has 1 aliphatic rings. The lowest BCUT2D eigenvalue weighted by molar-refractivity contribution is 0.0782. The SMILES string of the molecule is N#Cc1ccc(-n2ccc3cc(C(=O)N4CC[C@H](F)C4)cnc32)cc1. The van der Waals surface area contributed by atoms with Crippen LogP contribution in [0.25, 0.3) is 16.7 Å². The zero-order chi connectivity index (χ0) is 17.4. The fourth-order valence-corrected chi connectivity index (χ4v) is 3.13. The van der Waals surface area contributed by atoms with Gasteiger partial charge < -0.3 is 9.47 Å². The van der Waals surface area contributed by atoms with Gasteiger partial charge in [-0.25, -0.2) is 9.37 Å². The Morgan fingerprint density at radius 3 is 2.76 bits per heavy atom. The van der Waals surface area contributed by atoms with Crippen molar-refractivity contribution < 1.29 is 9.18 Å². The molecule has 0 radical (unpaired) electrons. The standard InChI is InChI=1S/C19H15FN4O/c20-16-6-7-23(12-16)19(25)15-9-14-5-8-24(18(14)22-11-15)17-3-1-13(10-21)2-4-17/h1-5,8-9,11,16H,6-7,12H2/t16-/m0/s1. The van der Waals surface area contributed by atoms with E-state index in [9.17, 15) is 9.18 Å². The van der Waals surface area contributed by atoms with E-state index in [4.69, 9.17) is 5.26 Å². The lowest BCUT2D eigenvalue weighted by atomic mass is 10.2. The summed E-state index contributed by atoms with van der Waals surface area (Å²) in [5.74, 6) is -0.180. The van der Waals surface area contributed by atoms with E-state index < -0.39 is 6.17 Å². The largest absolute Gasteiger partial charge is 0.336 e. The fraction of sp³-hybridized carbons (Fsp3) is 0.211. The topological polar surface area (TPSA) is 61.9 Å².